The molecule has 0 aliphatic rings. The maximum absolute atomic E-state index is 4.96. The zero-order valence-corrected chi connectivity index (χ0v) is 10.4. The Balaban J connectivity index is 0. The fourth-order valence-corrected chi connectivity index (χ4v) is 0. The van der Waals surface area contributed by atoms with E-state index in [1.807, 2.05) is 20.4 Å². The third-order valence-corrected chi connectivity index (χ3v) is 0. The summed E-state index contributed by atoms with van der Waals surface area (Å²) in [6, 6.07) is 0. The molecule has 0 unspecified atom stereocenters. The molecule has 0 amide bonds. The summed E-state index contributed by atoms with van der Waals surface area (Å²) >= 11 is 3.02. The monoisotopic (exact) mass is 438 g/mol. The van der Waals surface area contributed by atoms with Gasteiger partial charge in [0.05, 0.1) is 0 Å². The van der Waals surface area contributed by atoms with Gasteiger partial charge < -0.3 is 0 Å². The van der Waals surface area contributed by atoms with E-state index in [4.69, 9.17) is 26.7 Å². The Morgan fingerprint density at radius 1 is 1.17 bits per heavy atom. The van der Waals surface area contributed by atoms with Gasteiger partial charge in [0.1, 0.15) is 0 Å². The van der Waals surface area contributed by atoms with E-state index in [2.05, 4.69) is 12.7 Å². The predicted molar refractivity (Wildman–Crippen MR) is 54.5 cm³/mol. The van der Waals surface area contributed by atoms with Gasteiger partial charge in [0.2, 0.25) is 0 Å². The van der Waals surface area contributed by atoms with Gasteiger partial charge in [-0.05, 0) is 12.7 Å². The molecule has 0 heterocycles. The minimum atomic E-state index is -1.85. The third-order valence-electron chi connectivity index (χ3n) is 0. The first kappa shape index (κ1) is 11.6. The molecule has 0 saturated heterocycles. The second-order valence-electron chi connectivity index (χ2n) is 0.162. The second-order valence-corrected chi connectivity index (χ2v) is 9.78. The van der Waals surface area contributed by atoms with Gasteiger partial charge in [-0.2, -0.15) is 0 Å². The molecule has 0 aromatic heterocycles. The molecule has 0 saturated carbocycles. The summed E-state index contributed by atoms with van der Waals surface area (Å²) in [5.74, 6) is 0. The fourth-order valence-electron chi connectivity index (χ4n) is 0. The van der Waals surface area contributed by atoms with E-state index in [-0.39, 0.29) is 0 Å². The van der Waals surface area contributed by atoms with Crippen molar-refractivity contribution >= 4 is 76.2 Å². The molecule has 0 fully saturated rings. The molecular weight excluding hydrogens is 440 g/mol. The molecule has 42 valence electrons. The van der Waals surface area contributed by atoms with Gasteiger partial charge in [0.25, 0.3) is 0 Å². The van der Waals surface area contributed by atoms with Crippen LogP contribution in [-0.4, -0.2) is 0 Å². The van der Waals surface area contributed by atoms with Crippen molar-refractivity contribution in [3.63, 3.8) is 0 Å². The van der Waals surface area contributed by atoms with Gasteiger partial charge in [-0.15, -0.1) is 0 Å². The Hall–Kier alpha value is 2.81. The van der Waals surface area contributed by atoms with E-state index >= 15 is 0 Å². The summed E-state index contributed by atoms with van der Waals surface area (Å²) in [5, 5.41) is 0. The number of hydrogen-bond donors (Lipinski definition) is 0. The second kappa shape index (κ2) is 10.7. The summed E-state index contributed by atoms with van der Waals surface area (Å²) < 4.78 is 0. The van der Waals surface area contributed by atoms with Crippen LogP contribution in [0.25, 0.3) is 0 Å². The van der Waals surface area contributed by atoms with Crippen LogP contribution in [-0.2, 0) is 0 Å². The van der Waals surface area contributed by atoms with Gasteiger partial charge in [-0.25, -0.2) is 0 Å². The molecule has 0 spiro atoms. The summed E-state index contributed by atoms with van der Waals surface area (Å²) in [4.78, 5) is 0. The summed E-state index contributed by atoms with van der Waals surface area (Å²) in [7, 11) is 14.9. The molecule has 0 aliphatic heterocycles. The molecule has 0 nitrogen and oxygen atoms in total. The molecule has 0 aromatic rings. The molecule has 6 heavy (non-hydrogen) atoms. The first-order chi connectivity index (χ1) is 2.73. The van der Waals surface area contributed by atoms with Crippen LogP contribution in [0.5, 0.6) is 0 Å². The third kappa shape index (κ3) is 29.1. The Bertz CT molecular complexity index is 13.5. The normalized spacial score (nSPS) is 8.50. The Labute approximate surface area is 74.7 Å². The van der Waals surface area contributed by atoms with Gasteiger partial charge in [0, 0.05) is 20.4 Å². The Morgan fingerprint density at radius 3 is 1.17 bits per heavy atom. The van der Waals surface area contributed by atoms with Gasteiger partial charge >= 0.3 is 43.2 Å². The van der Waals surface area contributed by atoms with Gasteiger partial charge in [0.15, 0.2) is 0 Å². The van der Waals surface area contributed by atoms with Gasteiger partial charge in [-0.1, -0.05) is 0 Å². The summed E-state index contributed by atoms with van der Waals surface area (Å²) in [5.41, 5.74) is 0. The van der Waals surface area contributed by atoms with Crippen LogP contribution in [0.15, 0.2) is 0 Å². The van der Waals surface area contributed by atoms with Crippen LogP contribution in [0.3, 0.4) is 0 Å². The molecule has 6 heteroatoms. The minimum absolute atomic E-state index is 1.85. The van der Waals surface area contributed by atoms with Crippen molar-refractivity contribution in [2.24, 2.45) is 0 Å². The first-order valence-electron chi connectivity index (χ1n) is 0.571. The molecule has 0 aliphatic carbocycles. The molecule has 0 rings (SSSR count). The van der Waals surface area contributed by atoms with Crippen LogP contribution < -0.4 is 0 Å². The molecule has 0 N–H and O–H groups in total. The van der Waals surface area contributed by atoms with Crippen LogP contribution in [0.4, 0.5) is 0 Å². The van der Waals surface area contributed by atoms with Crippen molar-refractivity contribution < 1.29 is 0 Å². The predicted octanol–water partition coefficient (Wildman–Crippen LogP) is 4.69. The number of hydrogen-bond acceptors (Lipinski definition) is 0. The first-order valence-corrected chi connectivity index (χ1v) is 13.6. The van der Waals surface area contributed by atoms with Crippen molar-refractivity contribution in [3.8, 4) is 0 Å². The van der Waals surface area contributed by atoms with E-state index in [0.29, 0.717) is 0 Å². The summed E-state index contributed by atoms with van der Waals surface area (Å²) in [6.07, 6.45) is 0. The zero-order valence-electron chi connectivity index (χ0n) is 2.27. The van der Waals surface area contributed by atoms with Crippen molar-refractivity contribution in [3.05, 3.63) is 0 Å². The van der Waals surface area contributed by atoms with E-state index in [1.165, 1.54) is 0 Å². The molecule has 0 radical (unpaired) electrons. The van der Waals surface area contributed by atoms with E-state index in [1.54, 1.807) is 0 Å². The average molecular weight is 440 g/mol. The van der Waals surface area contributed by atoms with E-state index in [0.717, 1.165) is 0 Å². The van der Waals surface area contributed by atoms with E-state index < -0.39 is 16.4 Å². The maximum atomic E-state index is 4.96. The SMILES string of the molecule is BrI.ClI(Cl)Cl. The topological polar surface area (TPSA) is 0 Å². The summed E-state index contributed by atoms with van der Waals surface area (Å²) in [6.45, 7) is 0. The number of rotatable bonds is 0. The zero-order chi connectivity index (χ0) is 5.58. The quantitative estimate of drug-likeness (QED) is 0.480. The molecule has 0 bridgehead atoms. The number of halogens is 6. The van der Waals surface area contributed by atoms with Crippen molar-refractivity contribution in [2.45, 2.75) is 0 Å². The van der Waals surface area contributed by atoms with Crippen LogP contribution in [0.1, 0.15) is 0 Å². The van der Waals surface area contributed by atoms with Crippen molar-refractivity contribution in [1.82, 2.24) is 0 Å². The molecule has 0 aromatic carbocycles. The fraction of sp³-hybridized carbons (Fsp3) is 0. The van der Waals surface area contributed by atoms with Crippen LogP contribution >= 0.6 is 76.2 Å². The van der Waals surface area contributed by atoms with E-state index in [9.17, 15) is 0 Å². The molecular formula is BrCl3I2. The Morgan fingerprint density at radius 2 is 1.17 bits per heavy atom. The molecule has 0 atom stereocenters. The average Bonchev–Trinajstić information content (AvgIpc) is 1.41. The van der Waals surface area contributed by atoms with Crippen molar-refractivity contribution in [1.29, 1.82) is 0 Å². The Kier molecular flexibility index (Phi) is 20.7. The van der Waals surface area contributed by atoms with Crippen molar-refractivity contribution in [2.75, 3.05) is 0 Å². The standard InChI is InChI=1S/BrI.Cl3I/c1-2;1-4(2)3. The van der Waals surface area contributed by atoms with Gasteiger partial charge in [-0.3, -0.25) is 0 Å². The van der Waals surface area contributed by atoms with Crippen LogP contribution in [0, 0.1) is 0 Å². The van der Waals surface area contributed by atoms with Crippen LogP contribution in [0.2, 0.25) is 0 Å².